The third-order valence-electron chi connectivity index (χ3n) is 2.12. The van der Waals surface area contributed by atoms with Crippen LogP contribution in [0.4, 0.5) is 0 Å². The van der Waals surface area contributed by atoms with Gasteiger partial charge in [-0.1, -0.05) is 13.8 Å². The first-order valence-electron chi connectivity index (χ1n) is 4.92. The molecule has 0 aromatic heterocycles. The predicted molar refractivity (Wildman–Crippen MR) is 53.4 cm³/mol. The minimum Gasteiger partial charge on any atom is -0.273 e. The maximum absolute atomic E-state index is 11.2. The van der Waals surface area contributed by atoms with Crippen molar-refractivity contribution in [3.63, 3.8) is 0 Å². The molecular formula is C10H18N2O. The molecule has 3 heteroatoms. The number of hydrazone groups is 1. The van der Waals surface area contributed by atoms with Crippen molar-refractivity contribution in [2.75, 3.05) is 0 Å². The Morgan fingerprint density at radius 2 is 2.15 bits per heavy atom. The molecule has 0 bridgehead atoms. The van der Waals surface area contributed by atoms with Crippen molar-refractivity contribution in [2.24, 2.45) is 16.9 Å². The number of hydrogen-bond acceptors (Lipinski definition) is 2. The number of amides is 1. The molecule has 13 heavy (non-hydrogen) atoms. The number of hydrogen-bond donors (Lipinski definition) is 1. The molecule has 3 nitrogen and oxygen atoms in total. The van der Waals surface area contributed by atoms with Crippen LogP contribution in [0.5, 0.6) is 0 Å². The lowest BCUT2D eigenvalue weighted by atomic mass is 10.1. The predicted octanol–water partition coefficient (Wildman–Crippen LogP) is 1.93. The third kappa shape index (κ3) is 4.06. The zero-order chi connectivity index (χ0) is 9.84. The summed E-state index contributed by atoms with van der Waals surface area (Å²) >= 11 is 0. The number of nitrogens with zero attached hydrogens (tertiary/aromatic N) is 1. The molecule has 1 N–H and O–H groups in total. The molecule has 1 aliphatic rings. The molecule has 1 fully saturated rings. The fourth-order valence-electron chi connectivity index (χ4n) is 1.16. The molecule has 1 aliphatic carbocycles. The topological polar surface area (TPSA) is 41.5 Å². The Hall–Kier alpha value is -0.860. The molecule has 0 heterocycles. The van der Waals surface area contributed by atoms with Gasteiger partial charge in [-0.25, -0.2) is 5.43 Å². The van der Waals surface area contributed by atoms with Gasteiger partial charge in [0.2, 0.25) is 5.91 Å². The van der Waals surface area contributed by atoms with E-state index in [-0.39, 0.29) is 5.91 Å². The van der Waals surface area contributed by atoms with Crippen LogP contribution in [-0.2, 0) is 4.79 Å². The van der Waals surface area contributed by atoms with Crippen LogP contribution in [0.1, 0.15) is 40.0 Å². The summed E-state index contributed by atoms with van der Waals surface area (Å²) in [4.78, 5) is 11.2. The van der Waals surface area contributed by atoms with Crippen LogP contribution in [0, 0.1) is 11.8 Å². The van der Waals surface area contributed by atoms with Crippen molar-refractivity contribution < 1.29 is 4.79 Å². The van der Waals surface area contributed by atoms with E-state index in [1.165, 1.54) is 12.8 Å². The molecule has 0 atom stereocenters. The standard InChI is InChI=1S/C10H18N2O/c1-7(2)6-10(13)12-11-8(3)9-4-5-9/h7,9H,4-6H2,1-3H3,(H,12,13)/b11-8+. The molecule has 0 unspecified atom stereocenters. The van der Waals surface area contributed by atoms with Gasteiger partial charge in [0.1, 0.15) is 0 Å². The van der Waals surface area contributed by atoms with Crippen molar-refractivity contribution in [1.82, 2.24) is 5.43 Å². The van der Waals surface area contributed by atoms with Crippen LogP contribution in [0.2, 0.25) is 0 Å². The second-order valence-corrected chi connectivity index (χ2v) is 4.16. The van der Waals surface area contributed by atoms with Crippen molar-refractivity contribution >= 4 is 11.6 Å². The number of rotatable bonds is 4. The van der Waals surface area contributed by atoms with E-state index in [9.17, 15) is 4.79 Å². The van der Waals surface area contributed by atoms with Gasteiger partial charge in [-0.15, -0.1) is 0 Å². The summed E-state index contributed by atoms with van der Waals surface area (Å²) in [5, 5.41) is 4.06. The van der Waals surface area contributed by atoms with Gasteiger partial charge in [0, 0.05) is 12.1 Å². The van der Waals surface area contributed by atoms with E-state index in [0.717, 1.165) is 5.71 Å². The maximum atomic E-state index is 11.2. The van der Waals surface area contributed by atoms with E-state index in [2.05, 4.69) is 10.5 Å². The SMILES string of the molecule is C/C(=N\NC(=O)CC(C)C)C1CC1. The number of carbonyl (C=O) groups excluding carboxylic acids is 1. The minimum atomic E-state index is 0.0231. The highest BCUT2D eigenvalue weighted by Gasteiger charge is 2.24. The molecule has 0 aromatic carbocycles. The Morgan fingerprint density at radius 3 is 2.62 bits per heavy atom. The van der Waals surface area contributed by atoms with Gasteiger partial charge in [-0.2, -0.15) is 5.10 Å². The summed E-state index contributed by atoms with van der Waals surface area (Å²) in [7, 11) is 0. The van der Waals surface area contributed by atoms with E-state index in [1.54, 1.807) is 0 Å². The molecular weight excluding hydrogens is 164 g/mol. The fourth-order valence-corrected chi connectivity index (χ4v) is 1.16. The van der Waals surface area contributed by atoms with Crippen molar-refractivity contribution in [3.05, 3.63) is 0 Å². The molecule has 0 aromatic rings. The van der Waals surface area contributed by atoms with Gasteiger partial charge in [0.15, 0.2) is 0 Å². The van der Waals surface area contributed by atoms with E-state index < -0.39 is 0 Å². The van der Waals surface area contributed by atoms with Gasteiger partial charge >= 0.3 is 0 Å². The first kappa shape index (κ1) is 10.2. The Bertz CT molecular complexity index is 217. The van der Waals surface area contributed by atoms with Gasteiger partial charge in [-0.3, -0.25) is 4.79 Å². The summed E-state index contributed by atoms with van der Waals surface area (Å²) in [6.07, 6.45) is 3.02. The highest BCUT2D eigenvalue weighted by Crippen LogP contribution is 2.30. The Kier molecular flexibility index (Phi) is 3.46. The maximum Gasteiger partial charge on any atom is 0.240 e. The summed E-state index contributed by atoms with van der Waals surface area (Å²) in [6, 6.07) is 0. The Balaban J connectivity index is 2.23. The largest absolute Gasteiger partial charge is 0.273 e. The summed E-state index contributed by atoms with van der Waals surface area (Å²) in [6.45, 7) is 6.03. The molecule has 1 saturated carbocycles. The second kappa shape index (κ2) is 4.40. The molecule has 1 amide bonds. The van der Waals surface area contributed by atoms with Gasteiger partial charge in [0.05, 0.1) is 0 Å². The van der Waals surface area contributed by atoms with Crippen molar-refractivity contribution in [1.29, 1.82) is 0 Å². The molecule has 0 radical (unpaired) electrons. The van der Waals surface area contributed by atoms with E-state index in [1.807, 2.05) is 20.8 Å². The lowest BCUT2D eigenvalue weighted by Crippen LogP contribution is -2.20. The van der Waals surface area contributed by atoms with Crippen molar-refractivity contribution in [2.45, 2.75) is 40.0 Å². The Labute approximate surface area is 79.6 Å². The van der Waals surface area contributed by atoms with Crippen LogP contribution in [0.3, 0.4) is 0 Å². The molecule has 0 saturated heterocycles. The first-order chi connectivity index (χ1) is 6.09. The Morgan fingerprint density at radius 1 is 1.54 bits per heavy atom. The second-order valence-electron chi connectivity index (χ2n) is 4.16. The van der Waals surface area contributed by atoms with Gasteiger partial charge in [0.25, 0.3) is 0 Å². The van der Waals surface area contributed by atoms with Crippen LogP contribution >= 0.6 is 0 Å². The molecule has 0 aliphatic heterocycles. The average Bonchev–Trinajstić information content (AvgIpc) is 2.80. The normalized spacial score (nSPS) is 17.7. The molecule has 74 valence electrons. The monoisotopic (exact) mass is 182 g/mol. The minimum absolute atomic E-state index is 0.0231. The van der Waals surface area contributed by atoms with Crippen LogP contribution in [-0.4, -0.2) is 11.6 Å². The smallest absolute Gasteiger partial charge is 0.240 e. The third-order valence-corrected chi connectivity index (χ3v) is 2.12. The zero-order valence-electron chi connectivity index (χ0n) is 8.63. The summed E-state index contributed by atoms with van der Waals surface area (Å²) < 4.78 is 0. The average molecular weight is 182 g/mol. The van der Waals surface area contributed by atoms with E-state index in [4.69, 9.17) is 0 Å². The lowest BCUT2D eigenvalue weighted by molar-refractivity contribution is -0.121. The highest BCUT2D eigenvalue weighted by molar-refractivity contribution is 5.87. The van der Waals surface area contributed by atoms with Gasteiger partial charge < -0.3 is 0 Å². The van der Waals surface area contributed by atoms with Crippen LogP contribution in [0.25, 0.3) is 0 Å². The lowest BCUT2D eigenvalue weighted by Gasteiger charge is -2.03. The quantitative estimate of drug-likeness (QED) is 0.524. The van der Waals surface area contributed by atoms with Crippen LogP contribution in [0.15, 0.2) is 5.10 Å². The zero-order valence-corrected chi connectivity index (χ0v) is 8.63. The molecule has 0 spiro atoms. The van der Waals surface area contributed by atoms with Crippen molar-refractivity contribution in [3.8, 4) is 0 Å². The van der Waals surface area contributed by atoms with E-state index in [0.29, 0.717) is 18.3 Å². The molecule has 1 rings (SSSR count). The number of nitrogens with one attached hydrogen (secondary N) is 1. The summed E-state index contributed by atoms with van der Waals surface area (Å²) in [5.74, 6) is 1.06. The fraction of sp³-hybridized carbons (Fsp3) is 0.800. The number of carbonyl (C=O) groups is 1. The van der Waals surface area contributed by atoms with Gasteiger partial charge in [-0.05, 0) is 31.6 Å². The van der Waals surface area contributed by atoms with Crippen LogP contribution < -0.4 is 5.43 Å². The first-order valence-corrected chi connectivity index (χ1v) is 4.92. The van der Waals surface area contributed by atoms with E-state index >= 15 is 0 Å². The highest BCUT2D eigenvalue weighted by atomic mass is 16.2. The summed E-state index contributed by atoms with van der Waals surface area (Å²) in [5.41, 5.74) is 3.65.